The third-order valence-electron chi connectivity index (χ3n) is 3.56. The number of nitriles is 1. The Morgan fingerprint density at radius 3 is 2.90 bits per heavy atom. The second-order valence-corrected chi connectivity index (χ2v) is 6.14. The van der Waals surface area contributed by atoms with E-state index in [1.165, 1.54) is 25.3 Å². The van der Waals surface area contributed by atoms with Gasteiger partial charge in [0.1, 0.15) is 5.82 Å². The van der Waals surface area contributed by atoms with Crippen molar-refractivity contribution in [2.24, 2.45) is 5.41 Å². The molecule has 2 rings (SSSR count). The van der Waals surface area contributed by atoms with E-state index in [-0.39, 0.29) is 17.2 Å². The summed E-state index contributed by atoms with van der Waals surface area (Å²) < 4.78 is 17.9. The third-order valence-corrected chi connectivity index (χ3v) is 4.89. The zero-order valence-electron chi connectivity index (χ0n) is 11.3. The van der Waals surface area contributed by atoms with Crippen LogP contribution in [0.15, 0.2) is 18.2 Å². The largest absolute Gasteiger partial charge is 0.469 e. The Hall–Kier alpha value is -1.54. The lowest BCUT2D eigenvalue weighted by Gasteiger charge is -2.13. The smallest absolute Gasteiger partial charge is 0.306 e. The zero-order chi connectivity index (χ0) is 14.6. The topological polar surface area (TPSA) is 50.1 Å². The predicted octanol–water partition coefficient (Wildman–Crippen LogP) is 3.27. The van der Waals surface area contributed by atoms with Crippen LogP contribution in [-0.2, 0) is 15.3 Å². The van der Waals surface area contributed by atoms with E-state index in [0.29, 0.717) is 23.3 Å². The molecule has 0 aromatic heterocycles. The maximum Gasteiger partial charge on any atom is 0.306 e. The molecule has 1 aliphatic rings. The molecule has 1 aromatic rings. The molecule has 20 heavy (non-hydrogen) atoms. The molecule has 5 heteroatoms. The number of methoxy groups -OCH3 is 1. The molecular weight excluding hydrogens is 277 g/mol. The van der Waals surface area contributed by atoms with Gasteiger partial charge in [-0.1, -0.05) is 0 Å². The molecule has 0 bridgehead atoms. The number of hydrogen-bond acceptors (Lipinski definition) is 4. The number of hydrogen-bond donors (Lipinski definition) is 0. The van der Waals surface area contributed by atoms with Gasteiger partial charge in [0.05, 0.1) is 25.2 Å². The van der Waals surface area contributed by atoms with Crippen molar-refractivity contribution in [3.05, 3.63) is 35.1 Å². The van der Waals surface area contributed by atoms with Crippen LogP contribution < -0.4 is 0 Å². The molecule has 0 heterocycles. The van der Waals surface area contributed by atoms with Gasteiger partial charge >= 0.3 is 5.97 Å². The first-order chi connectivity index (χ1) is 9.58. The highest BCUT2D eigenvalue weighted by Gasteiger charge is 2.44. The molecule has 3 nitrogen and oxygen atoms in total. The van der Waals surface area contributed by atoms with Gasteiger partial charge in [-0.2, -0.15) is 17.0 Å². The maximum atomic E-state index is 13.2. The lowest BCUT2D eigenvalue weighted by atomic mass is 10.1. The zero-order valence-corrected chi connectivity index (χ0v) is 12.1. The monoisotopic (exact) mass is 293 g/mol. The molecule has 0 N–H and O–H groups in total. The van der Waals surface area contributed by atoms with Crippen LogP contribution in [0, 0.1) is 22.6 Å². The highest BCUT2D eigenvalue weighted by Crippen LogP contribution is 2.51. The molecule has 0 atom stereocenters. The fraction of sp³-hybridized carbons (Fsp3) is 0.467. The number of benzene rings is 1. The van der Waals surface area contributed by atoms with Crippen LogP contribution in [0.4, 0.5) is 4.39 Å². The molecule has 1 fully saturated rings. The van der Waals surface area contributed by atoms with Gasteiger partial charge in [-0.15, -0.1) is 0 Å². The first-order valence-corrected chi connectivity index (χ1v) is 7.57. The van der Waals surface area contributed by atoms with E-state index < -0.39 is 0 Å². The van der Waals surface area contributed by atoms with Crippen molar-refractivity contribution < 1.29 is 13.9 Å². The van der Waals surface area contributed by atoms with Crippen molar-refractivity contribution in [1.29, 1.82) is 5.26 Å². The van der Waals surface area contributed by atoms with Crippen LogP contribution in [0.1, 0.15) is 30.4 Å². The van der Waals surface area contributed by atoms with E-state index in [2.05, 4.69) is 6.07 Å². The summed E-state index contributed by atoms with van der Waals surface area (Å²) in [6.07, 6.45) is 2.51. The van der Waals surface area contributed by atoms with Crippen LogP contribution in [0.25, 0.3) is 0 Å². The van der Waals surface area contributed by atoms with Crippen LogP contribution in [0.3, 0.4) is 0 Å². The Morgan fingerprint density at radius 2 is 2.30 bits per heavy atom. The van der Waals surface area contributed by atoms with Gasteiger partial charge in [0.25, 0.3) is 0 Å². The molecule has 1 saturated carbocycles. The Balaban J connectivity index is 1.89. The molecule has 0 unspecified atom stereocenters. The van der Waals surface area contributed by atoms with Gasteiger partial charge < -0.3 is 4.74 Å². The Morgan fingerprint density at radius 1 is 1.55 bits per heavy atom. The SMILES string of the molecule is COC(=O)CC1(CSCc2cc(F)ccc2C#N)CC1. The van der Waals surface area contributed by atoms with E-state index in [1.807, 2.05) is 0 Å². The summed E-state index contributed by atoms with van der Waals surface area (Å²) in [7, 11) is 1.40. The molecule has 0 aliphatic heterocycles. The highest BCUT2D eigenvalue weighted by molar-refractivity contribution is 7.98. The third kappa shape index (κ3) is 3.73. The lowest BCUT2D eigenvalue weighted by Crippen LogP contribution is -2.13. The molecule has 1 aliphatic carbocycles. The predicted molar refractivity (Wildman–Crippen MR) is 75.6 cm³/mol. The average molecular weight is 293 g/mol. The van der Waals surface area contributed by atoms with Crippen LogP contribution in [0.5, 0.6) is 0 Å². The maximum absolute atomic E-state index is 13.2. The van der Waals surface area contributed by atoms with Crippen LogP contribution >= 0.6 is 11.8 Å². The number of halogens is 1. The summed E-state index contributed by atoms with van der Waals surface area (Å²) >= 11 is 1.64. The molecule has 0 radical (unpaired) electrons. The minimum atomic E-state index is -0.324. The molecule has 0 spiro atoms. The van der Waals surface area contributed by atoms with Crippen molar-refractivity contribution >= 4 is 17.7 Å². The summed E-state index contributed by atoms with van der Waals surface area (Å²) in [4.78, 5) is 11.3. The molecule has 1 aromatic carbocycles. The number of ether oxygens (including phenoxy) is 1. The van der Waals surface area contributed by atoms with Gasteiger partial charge in [-0.3, -0.25) is 4.79 Å². The van der Waals surface area contributed by atoms with Crippen LogP contribution in [0.2, 0.25) is 0 Å². The number of nitrogens with zero attached hydrogens (tertiary/aromatic N) is 1. The van der Waals surface area contributed by atoms with Gasteiger partial charge in [0.2, 0.25) is 0 Å². The molecule has 0 saturated heterocycles. The van der Waals surface area contributed by atoms with Crippen molar-refractivity contribution in [3.8, 4) is 6.07 Å². The normalized spacial score (nSPS) is 15.4. The van der Waals surface area contributed by atoms with E-state index >= 15 is 0 Å². The molecule has 106 valence electrons. The minimum Gasteiger partial charge on any atom is -0.469 e. The fourth-order valence-electron chi connectivity index (χ4n) is 2.10. The van der Waals surface area contributed by atoms with E-state index in [1.54, 1.807) is 11.8 Å². The first-order valence-electron chi connectivity index (χ1n) is 6.42. The quantitative estimate of drug-likeness (QED) is 0.755. The minimum absolute atomic E-state index is 0.0535. The standard InChI is InChI=1S/C15H16FNO2S/c1-19-14(18)7-15(4-5-15)10-20-9-12-6-13(16)3-2-11(12)8-17/h2-3,6H,4-5,7,9-10H2,1H3. The van der Waals surface area contributed by atoms with Crippen molar-refractivity contribution in [3.63, 3.8) is 0 Å². The second-order valence-electron chi connectivity index (χ2n) is 5.16. The number of thioether (sulfide) groups is 1. The summed E-state index contributed by atoms with van der Waals surface area (Å²) in [6.45, 7) is 0. The van der Waals surface area contributed by atoms with Crippen LogP contribution in [-0.4, -0.2) is 18.8 Å². The lowest BCUT2D eigenvalue weighted by molar-refractivity contribution is -0.141. The summed E-state index contributed by atoms with van der Waals surface area (Å²) in [6, 6.07) is 6.29. The van der Waals surface area contributed by atoms with E-state index in [4.69, 9.17) is 10.00 Å². The van der Waals surface area contributed by atoms with Gasteiger partial charge in [0, 0.05) is 5.75 Å². The van der Waals surface area contributed by atoms with E-state index in [9.17, 15) is 9.18 Å². The number of carbonyl (C=O) groups is 1. The second kappa shape index (κ2) is 6.27. The fourth-order valence-corrected chi connectivity index (χ4v) is 3.48. The van der Waals surface area contributed by atoms with Gasteiger partial charge in [-0.25, -0.2) is 4.39 Å². The first kappa shape index (κ1) is 14.9. The average Bonchev–Trinajstić information content (AvgIpc) is 3.18. The Bertz CT molecular complexity index is 549. The number of rotatable bonds is 6. The van der Waals surface area contributed by atoms with Crippen molar-refractivity contribution in [1.82, 2.24) is 0 Å². The van der Waals surface area contributed by atoms with Gasteiger partial charge in [-0.05, 0) is 47.8 Å². The summed E-state index contributed by atoms with van der Waals surface area (Å²) in [5.41, 5.74) is 1.28. The summed E-state index contributed by atoms with van der Waals surface area (Å²) in [5.74, 6) is 0.925. The Labute approximate surface area is 122 Å². The van der Waals surface area contributed by atoms with Crippen molar-refractivity contribution in [2.45, 2.75) is 25.0 Å². The van der Waals surface area contributed by atoms with Crippen molar-refractivity contribution in [2.75, 3.05) is 12.9 Å². The molecular formula is C15H16FNO2S. The summed E-state index contributed by atoms with van der Waals surface area (Å²) in [5, 5.41) is 8.99. The number of carbonyl (C=O) groups excluding carboxylic acids is 1. The highest BCUT2D eigenvalue weighted by atomic mass is 32.2. The van der Waals surface area contributed by atoms with Gasteiger partial charge in [0.15, 0.2) is 0 Å². The van der Waals surface area contributed by atoms with E-state index in [0.717, 1.165) is 18.6 Å². The Kier molecular flexibility index (Phi) is 4.66. The molecule has 0 amide bonds. The number of esters is 1.